The van der Waals surface area contributed by atoms with Crippen LogP contribution in [0, 0.1) is 5.82 Å². The average molecular weight is 211 g/mol. The molecule has 1 aromatic rings. The highest BCUT2D eigenvalue weighted by molar-refractivity contribution is 5.15. The molecule has 1 unspecified atom stereocenters. The van der Waals surface area contributed by atoms with Gasteiger partial charge in [-0.05, 0) is 31.0 Å². The SMILES string of the molecule is CCC(C)(O)CNCc1cccc(F)c1. The predicted octanol–water partition coefficient (Wildman–Crippen LogP) is 2.08. The Bertz CT molecular complexity index is 312. The second-order valence-electron chi connectivity index (χ2n) is 4.08. The van der Waals surface area contributed by atoms with E-state index in [0.717, 1.165) is 5.56 Å². The minimum absolute atomic E-state index is 0.225. The Morgan fingerprint density at radius 2 is 2.20 bits per heavy atom. The molecule has 0 aliphatic heterocycles. The highest BCUT2D eigenvalue weighted by Crippen LogP contribution is 2.07. The summed E-state index contributed by atoms with van der Waals surface area (Å²) in [6.45, 7) is 4.81. The van der Waals surface area contributed by atoms with Gasteiger partial charge in [0.15, 0.2) is 0 Å². The quantitative estimate of drug-likeness (QED) is 0.781. The Morgan fingerprint density at radius 1 is 1.47 bits per heavy atom. The smallest absolute Gasteiger partial charge is 0.123 e. The topological polar surface area (TPSA) is 32.3 Å². The van der Waals surface area contributed by atoms with Gasteiger partial charge in [0.2, 0.25) is 0 Å². The Balaban J connectivity index is 2.38. The number of benzene rings is 1. The summed E-state index contributed by atoms with van der Waals surface area (Å²) < 4.78 is 12.8. The highest BCUT2D eigenvalue weighted by Gasteiger charge is 2.16. The number of nitrogens with one attached hydrogen (secondary N) is 1. The van der Waals surface area contributed by atoms with Crippen LogP contribution in [0.25, 0.3) is 0 Å². The van der Waals surface area contributed by atoms with Gasteiger partial charge in [-0.1, -0.05) is 19.1 Å². The van der Waals surface area contributed by atoms with Gasteiger partial charge in [0.25, 0.3) is 0 Å². The molecular formula is C12H18FNO. The van der Waals surface area contributed by atoms with Crippen molar-refractivity contribution in [1.29, 1.82) is 0 Å². The zero-order valence-corrected chi connectivity index (χ0v) is 9.26. The van der Waals surface area contributed by atoms with Crippen LogP contribution in [0.1, 0.15) is 25.8 Å². The lowest BCUT2D eigenvalue weighted by Crippen LogP contribution is -2.36. The average Bonchev–Trinajstić information content (AvgIpc) is 2.18. The van der Waals surface area contributed by atoms with Gasteiger partial charge in [0, 0.05) is 13.1 Å². The van der Waals surface area contributed by atoms with E-state index in [1.54, 1.807) is 13.0 Å². The molecule has 0 heterocycles. The van der Waals surface area contributed by atoms with Crippen molar-refractivity contribution in [3.05, 3.63) is 35.6 Å². The van der Waals surface area contributed by atoms with Crippen molar-refractivity contribution in [1.82, 2.24) is 5.32 Å². The molecule has 0 fully saturated rings. The third kappa shape index (κ3) is 4.40. The van der Waals surface area contributed by atoms with Crippen molar-refractivity contribution in [2.24, 2.45) is 0 Å². The first-order valence-corrected chi connectivity index (χ1v) is 5.21. The molecule has 0 bridgehead atoms. The fraction of sp³-hybridized carbons (Fsp3) is 0.500. The van der Waals surface area contributed by atoms with Crippen molar-refractivity contribution in [2.45, 2.75) is 32.4 Å². The molecule has 1 atom stereocenters. The van der Waals surface area contributed by atoms with Gasteiger partial charge in [0.1, 0.15) is 5.82 Å². The maximum Gasteiger partial charge on any atom is 0.123 e. The summed E-state index contributed by atoms with van der Waals surface area (Å²) >= 11 is 0. The van der Waals surface area contributed by atoms with E-state index in [2.05, 4.69) is 5.32 Å². The third-order valence-electron chi connectivity index (χ3n) is 2.49. The molecule has 0 saturated heterocycles. The van der Waals surface area contributed by atoms with Crippen molar-refractivity contribution in [3.8, 4) is 0 Å². The molecule has 3 heteroatoms. The first kappa shape index (κ1) is 12.1. The van der Waals surface area contributed by atoms with E-state index in [4.69, 9.17) is 0 Å². The van der Waals surface area contributed by atoms with Gasteiger partial charge in [-0.3, -0.25) is 0 Å². The van der Waals surface area contributed by atoms with Crippen LogP contribution >= 0.6 is 0 Å². The van der Waals surface area contributed by atoms with Gasteiger partial charge in [0.05, 0.1) is 5.60 Å². The minimum atomic E-state index is -0.687. The molecule has 1 rings (SSSR count). The van der Waals surface area contributed by atoms with Crippen molar-refractivity contribution >= 4 is 0 Å². The summed E-state index contributed by atoms with van der Waals surface area (Å²) in [5.74, 6) is -0.225. The van der Waals surface area contributed by atoms with E-state index in [-0.39, 0.29) is 5.82 Å². The molecule has 0 saturated carbocycles. The molecule has 2 nitrogen and oxygen atoms in total. The lowest BCUT2D eigenvalue weighted by molar-refractivity contribution is 0.0555. The van der Waals surface area contributed by atoms with Crippen LogP contribution in [0.3, 0.4) is 0 Å². The normalized spacial score (nSPS) is 14.9. The van der Waals surface area contributed by atoms with Crippen LogP contribution in [-0.4, -0.2) is 17.3 Å². The summed E-state index contributed by atoms with van der Waals surface area (Å²) in [6, 6.07) is 6.46. The Labute approximate surface area is 90.1 Å². The Morgan fingerprint density at radius 3 is 2.80 bits per heavy atom. The van der Waals surface area contributed by atoms with Crippen molar-refractivity contribution in [2.75, 3.05) is 6.54 Å². The van der Waals surface area contributed by atoms with E-state index in [1.165, 1.54) is 12.1 Å². The molecule has 1 aromatic carbocycles. The van der Waals surface area contributed by atoms with Crippen LogP contribution in [0.4, 0.5) is 4.39 Å². The van der Waals surface area contributed by atoms with Gasteiger partial charge >= 0.3 is 0 Å². The van der Waals surface area contributed by atoms with E-state index in [0.29, 0.717) is 19.5 Å². The van der Waals surface area contributed by atoms with Gasteiger partial charge in [-0.15, -0.1) is 0 Å². The molecule has 0 aromatic heterocycles. The van der Waals surface area contributed by atoms with Crippen LogP contribution in [0.5, 0.6) is 0 Å². The second kappa shape index (κ2) is 5.24. The van der Waals surface area contributed by atoms with Crippen LogP contribution in [0.2, 0.25) is 0 Å². The van der Waals surface area contributed by atoms with Crippen molar-refractivity contribution < 1.29 is 9.50 Å². The molecule has 0 aliphatic rings. The summed E-state index contributed by atoms with van der Waals surface area (Å²) in [4.78, 5) is 0. The molecule has 0 amide bonds. The Hall–Kier alpha value is -0.930. The van der Waals surface area contributed by atoms with Crippen molar-refractivity contribution in [3.63, 3.8) is 0 Å². The first-order valence-electron chi connectivity index (χ1n) is 5.21. The van der Waals surface area contributed by atoms with E-state index >= 15 is 0 Å². The third-order valence-corrected chi connectivity index (χ3v) is 2.49. The van der Waals surface area contributed by atoms with Gasteiger partial charge in [-0.2, -0.15) is 0 Å². The van der Waals surface area contributed by atoms with Crippen LogP contribution < -0.4 is 5.32 Å². The lowest BCUT2D eigenvalue weighted by Gasteiger charge is -2.21. The molecule has 0 aliphatic carbocycles. The number of aliphatic hydroxyl groups is 1. The minimum Gasteiger partial charge on any atom is -0.389 e. The van der Waals surface area contributed by atoms with Crippen LogP contribution in [0.15, 0.2) is 24.3 Å². The largest absolute Gasteiger partial charge is 0.389 e. The monoisotopic (exact) mass is 211 g/mol. The molecule has 0 radical (unpaired) electrons. The van der Waals surface area contributed by atoms with Gasteiger partial charge < -0.3 is 10.4 Å². The van der Waals surface area contributed by atoms with E-state index in [9.17, 15) is 9.50 Å². The van der Waals surface area contributed by atoms with Gasteiger partial charge in [-0.25, -0.2) is 4.39 Å². The fourth-order valence-electron chi connectivity index (χ4n) is 1.25. The maximum absolute atomic E-state index is 12.8. The fourth-order valence-corrected chi connectivity index (χ4v) is 1.25. The molecular weight excluding hydrogens is 193 g/mol. The van der Waals surface area contributed by atoms with E-state index < -0.39 is 5.60 Å². The zero-order valence-electron chi connectivity index (χ0n) is 9.26. The standard InChI is InChI=1S/C12H18FNO/c1-3-12(2,15)9-14-8-10-5-4-6-11(13)7-10/h4-7,14-15H,3,8-9H2,1-2H3. The first-order chi connectivity index (χ1) is 7.03. The number of rotatable bonds is 5. The zero-order chi connectivity index (χ0) is 11.3. The second-order valence-corrected chi connectivity index (χ2v) is 4.08. The summed E-state index contributed by atoms with van der Waals surface area (Å²) in [5.41, 5.74) is 0.203. The lowest BCUT2D eigenvalue weighted by atomic mass is 10.0. The summed E-state index contributed by atoms with van der Waals surface area (Å²) in [6.07, 6.45) is 0.698. The molecule has 15 heavy (non-hydrogen) atoms. The number of halogens is 1. The number of hydrogen-bond donors (Lipinski definition) is 2. The maximum atomic E-state index is 12.8. The predicted molar refractivity (Wildman–Crippen MR) is 59.0 cm³/mol. The van der Waals surface area contributed by atoms with Crippen LogP contribution in [-0.2, 0) is 6.54 Å². The molecule has 84 valence electrons. The van der Waals surface area contributed by atoms with E-state index in [1.807, 2.05) is 13.0 Å². The number of hydrogen-bond acceptors (Lipinski definition) is 2. The Kier molecular flexibility index (Phi) is 4.24. The highest BCUT2D eigenvalue weighted by atomic mass is 19.1. The molecule has 2 N–H and O–H groups in total. The summed E-state index contributed by atoms with van der Waals surface area (Å²) in [7, 11) is 0. The summed E-state index contributed by atoms with van der Waals surface area (Å²) in [5, 5.41) is 12.8. The molecule has 0 spiro atoms.